The van der Waals surface area contributed by atoms with E-state index in [1.165, 1.54) is 6.07 Å². The Bertz CT molecular complexity index is 677. The van der Waals surface area contributed by atoms with E-state index in [9.17, 15) is 9.18 Å². The molecule has 1 atom stereocenters. The molecule has 1 unspecified atom stereocenters. The van der Waals surface area contributed by atoms with Gasteiger partial charge in [-0.1, -0.05) is 29.8 Å². The van der Waals surface area contributed by atoms with Gasteiger partial charge in [-0.25, -0.2) is 4.39 Å². The van der Waals surface area contributed by atoms with Gasteiger partial charge in [0.1, 0.15) is 0 Å². The molecule has 110 valence electrons. The average molecular weight is 286 g/mol. The molecule has 0 aromatic heterocycles. The Hall–Kier alpha value is -2.16. The molecule has 0 amide bonds. The lowest BCUT2D eigenvalue weighted by Gasteiger charge is -2.16. The van der Waals surface area contributed by atoms with E-state index < -0.39 is 11.9 Å². The van der Waals surface area contributed by atoms with Gasteiger partial charge in [-0.15, -0.1) is 0 Å². The predicted octanol–water partition coefficient (Wildman–Crippen LogP) is 4.40. The van der Waals surface area contributed by atoms with Crippen molar-refractivity contribution in [2.24, 2.45) is 0 Å². The monoisotopic (exact) mass is 286 g/mol. The average Bonchev–Trinajstić information content (AvgIpc) is 2.45. The van der Waals surface area contributed by atoms with Crippen LogP contribution in [0.5, 0.6) is 5.75 Å². The second-order valence-corrected chi connectivity index (χ2v) is 5.33. The van der Waals surface area contributed by atoms with Crippen LogP contribution in [0, 0.1) is 26.6 Å². The second-order valence-electron chi connectivity index (χ2n) is 5.33. The summed E-state index contributed by atoms with van der Waals surface area (Å²) in [5.74, 6) is -0.448. The summed E-state index contributed by atoms with van der Waals surface area (Å²) in [6.45, 7) is 7.12. The second kappa shape index (κ2) is 6.08. The molecule has 2 aromatic rings. The molecule has 0 spiro atoms. The molecule has 0 bridgehead atoms. The van der Waals surface area contributed by atoms with Gasteiger partial charge >= 0.3 is 0 Å². The number of aryl methyl sites for hydroxylation is 3. The Balaban J connectivity index is 2.24. The molecule has 0 aliphatic heterocycles. The van der Waals surface area contributed by atoms with Crippen LogP contribution in [0.1, 0.15) is 34.0 Å². The standard InChI is InChI=1S/C18H19FO2/c1-11-8-9-12(2)15(10-11)18(20)14(4)21-16-7-5-6-13(3)17(16)19/h5-10,14H,1-4H3. The van der Waals surface area contributed by atoms with Crippen LogP contribution in [0.4, 0.5) is 4.39 Å². The molecule has 0 saturated heterocycles. The van der Waals surface area contributed by atoms with Crippen LogP contribution in [0.25, 0.3) is 0 Å². The zero-order valence-electron chi connectivity index (χ0n) is 12.7. The predicted molar refractivity (Wildman–Crippen MR) is 81.5 cm³/mol. The van der Waals surface area contributed by atoms with Crippen LogP contribution in [-0.4, -0.2) is 11.9 Å². The van der Waals surface area contributed by atoms with Crippen molar-refractivity contribution < 1.29 is 13.9 Å². The van der Waals surface area contributed by atoms with Gasteiger partial charge in [0.05, 0.1) is 0 Å². The molecule has 0 radical (unpaired) electrons. The number of hydrogen-bond donors (Lipinski definition) is 0. The third-order valence-corrected chi connectivity index (χ3v) is 3.49. The van der Waals surface area contributed by atoms with Gasteiger partial charge in [-0.2, -0.15) is 0 Å². The van der Waals surface area contributed by atoms with Gasteiger partial charge in [-0.05, 0) is 51.0 Å². The van der Waals surface area contributed by atoms with Crippen LogP contribution in [0.2, 0.25) is 0 Å². The van der Waals surface area contributed by atoms with Crippen molar-refractivity contribution in [2.75, 3.05) is 0 Å². The fourth-order valence-electron chi connectivity index (χ4n) is 2.18. The number of rotatable bonds is 4. The highest BCUT2D eigenvalue weighted by Gasteiger charge is 2.20. The van der Waals surface area contributed by atoms with E-state index in [1.807, 2.05) is 32.0 Å². The van der Waals surface area contributed by atoms with E-state index >= 15 is 0 Å². The van der Waals surface area contributed by atoms with Crippen molar-refractivity contribution in [3.05, 3.63) is 64.5 Å². The summed E-state index contributed by atoms with van der Waals surface area (Å²) in [6.07, 6.45) is -0.734. The quantitative estimate of drug-likeness (QED) is 0.779. The molecule has 0 heterocycles. The van der Waals surface area contributed by atoms with Crippen molar-refractivity contribution in [1.29, 1.82) is 0 Å². The third kappa shape index (κ3) is 3.30. The van der Waals surface area contributed by atoms with Gasteiger partial charge in [-0.3, -0.25) is 4.79 Å². The lowest BCUT2D eigenvalue weighted by Crippen LogP contribution is -2.25. The Kier molecular flexibility index (Phi) is 4.41. The van der Waals surface area contributed by atoms with E-state index in [0.717, 1.165) is 11.1 Å². The SMILES string of the molecule is Cc1ccc(C)c(C(=O)C(C)Oc2cccc(C)c2F)c1. The van der Waals surface area contributed by atoms with Gasteiger partial charge < -0.3 is 4.74 Å². The van der Waals surface area contributed by atoms with E-state index in [0.29, 0.717) is 11.1 Å². The molecule has 2 aromatic carbocycles. The maximum atomic E-state index is 13.9. The summed E-state index contributed by atoms with van der Waals surface area (Å²) >= 11 is 0. The smallest absolute Gasteiger partial charge is 0.203 e. The zero-order valence-corrected chi connectivity index (χ0v) is 12.7. The first kappa shape index (κ1) is 15.2. The van der Waals surface area contributed by atoms with Crippen LogP contribution in [0.3, 0.4) is 0 Å². The van der Waals surface area contributed by atoms with Gasteiger partial charge in [0.2, 0.25) is 5.78 Å². The molecule has 2 nitrogen and oxygen atoms in total. The van der Waals surface area contributed by atoms with Crippen molar-refractivity contribution in [2.45, 2.75) is 33.8 Å². The molecular formula is C18H19FO2. The number of ketones is 1. The lowest BCUT2D eigenvalue weighted by molar-refractivity contribution is 0.0811. The van der Waals surface area contributed by atoms with Crippen LogP contribution >= 0.6 is 0 Å². The summed E-state index contributed by atoms with van der Waals surface area (Å²) in [5.41, 5.74) is 3.03. The molecule has 2 rings (SSSR count). The summed E-state index contributed by atoms with van der Waals surface area (Å²) in [6, 6.07) is 10.6. The largest absolute Gasteiger partial charge is 0.479 e. The van der Waals surface area contributed by atoms with Crippen molar-refractivity contribution in [1.82, 2.24) is 0 Å². The molecule has 0 aliphatic carbocycles. The number of ether oxygens (including phenoxy) is 1. The highest BCUT2D eigenvalue weighted by Crippen LogP contribution is 2.22. The van der Waals surface area contributed by atoms with Gasteiger partial charge in [0.25, 0.3) is 0 Å². The van der Waals surface area contributed by atoms with E-state index in [1.54, 1.807) is 26.0 Å². The number of carbonyl (C=O) groups is 1. The molecule has 21 heavy (non-hydrogen) atoms. The van der Waals surface area contributed by atoms with E-state index in [-0.39, 0.29) is 11.5 Å². The Labute approximate surface area is 124 Å². The number of Topliss-reactive ketones (excluding diaryl/α,β-unsaturated/α-hetero) is 1. The minimum atomic E-state index is -0.734. The molecule has 0 aliphatic rings. The highest BCUT2D eigenvalue weighted by molar-refractivity contribution is 6.00. The Morgan fingerprint density at radius 1 is 1.10 bits per heavy atom. The maximum Gasteiger partial charge on any atom is 0.203 e. The Morgan fingerprint density at radius 3 is 2.52 bits per heavy atom. The molecule has 0 N–H and O–H groups in total. The van der Waals surface area contributed by atoms with Crippen LogP contribution in [0.15, 0.2) is 36.4 Å². The number of benzene rings is 2. The molecule has 0 saturated carbocycles. The number of carbonyl (C=O) groups excluding carboxylic acids is 1. The first-order valence-corrected chi connectivity index (χ1v) is 6.93. The van der Waals surface area contributed by atoms with Gasteiger partial charge in [0, 0.05) is 5.56 Å². The summed E-state index contributed by atoms with van der Waals surface area (Å²) in [4.78, 5) is 12.5. The topological polar surface area (TPSA) is 26.3 Å². The Morgan fingerprint density at radius 2 is 1.81 bits per heavy atom. The maximum absolute atomic E-state index is 13.9. The first-order valence-electron chi connectivity index (χ1n) is 6.93. The van der Waals surface area contributed by atoms with Gasteiger partial charge in [0.15, 0.2) is 17.7 Å². The van der Waals surface area contributed by atoms with E-state index in [4.69, 9.17) is 4.74 Å². The number of hydrogen-bond acceptors (Lipinski definition) is 2. The van der Waals surface area contributed by atoms with Crippen LogP contribution in [-0.2, 0) is 0 Å². The summed E-state index contributed by atoms with van der Waals surface area (Å²) < 4.78 is 19.4. The van der Waals surface area contributed by atoms with Crippen molar-refractivity contribution in [3.63, 3.8) is 0 Å². The normalized spacial score (nSPS) is 12.0. The highest BCUT2D eigenvalue weighted by atomic mass is 19.1. The van der Waals surface area contributed by atoms with E-state index in [2.05, 4.69) is 0 Å². The lowest BCUT2D eigenvalue weighted by atomic mass is 9.99. The molecule has 0 fully saturated rings. The summed E-state index contributed by atoms with van der Waals surface area (Å²) in [5, 5.41) is 0. The minimum Gasteiger partial charge on any atom is -0.479 e. The molecular weight excluding hydrogens is 267 g/mol. The number of halogens is 1. The van der Waals surface area contributed by atoms with Crippen LogP contribution < -0.4 is 4.74 Å². The fraction of sp³-hybridized carbons (Fsp3) is 0.278. The zero-order chi connectivity index (χ0) is 15.6. The van der Waals surface area contributed by atoms with Crippen molar-refractivity contribution >= 4 is 5.78 Å². The molecule has 3 heteroatoms. The minimum absolute atomic E-state index is 0.112. The van der Waals surface area contributed by atoms with Crippen molar-refractivity contribution in [3.8, 4) is 5.75 Å². The fourth-order valence-corrected chi connectivity index (χ4v) is 2.18. The third-order valence-electron chi connectivity index (χ3n) is 3.49. The first-order chi connectivity index (χ1) is 9.90. The summed E-state index contributed by atoms with van der Waals surface area (Å²) in [7, 11) is 0.